The molecule has 0 unspecified atom stereocenters. The van der Waals surface area contributed by atoms with Gasteiger partial charge in [-0.1, -0.05) is 51.7 Å². The van der Waals surface area contributed by atoms with Crippen molar-refractivity contribution in [1.82, 2.24) is 0 Å². The summed E-state index contributed by atoms with van der Waals surface area (Å²) in [5, 5.41) is 8.43. The van der Waals surface area contributed by atoms with Crippen molar-refractivity contribution in [2.75, 3.05) is 18.0 Å². The molecule has 0 N–H and O–H groups in total. The Hall–Kier alpha value is -2.06. The molecule has 6 nitrogen and oxygen atoms in total. The van der Waals surface area contributed by atoms with Crippen molar-refractivity contribution in [2.24, 2.45) is 0 Å². The van der Waals surface area contributed by atoms with Crippen molar-refractivity contribution in [3.8, 4) is 0 Å². The topological polar surface area (TPSA) is 86.7 Å². The molecule has 0 amide bonds. The van der Waals surface area contributed by atoms with E-state index >= 15 is 0 Å². The van der Waals surface area contributed by atoms with Crippen molar-refractivity contribution in [2.45, 2.75) is 66.2 Å². The van der Waals surface area contributed by atoms with E-state index in [0.717, 1.165) is 36.2 Å². The van der Waals surface area contributed by atoms with Gasteiger partial charge in [-0.15, -0.1) is 0 Å². The van der Waals surface area contributed by atoms with Crippen LogP contribution in [0.5, 0.6) is 0 Å². The van der Waals surface area contributed by atoms with Gasteiger partial charge in [-0.3, -0.25) is 14.4 Å². The molecular formula is C27H37FNNaO5. The van der Waals surface area contributed by atoms with Gasteiger partial charge >= 0.3 is 29.6 Å². The number of aryl methyl sites for hydroxylation is 2. The maximum atomic E-state index is 12.6. The van der Waals surface area contributed by atoms with Crippen molar-refractivity contribution in [3.63, 3.8) is 0 Å². The standard InChI is InChI=1S/C12H15NO.C8H7FO.C5H10.CH2O3.CH4.Na/c1-10-4-5-11(9-14)12(8-10)13-6-2-3-7-13;1-6-2-3-7(5-10)8(9)4-6;1-2-4-5-3-1;2-1-4-3;;/h4-5,8-9H,2-3,6-7H2,1H3;2-5H,1H3;1-5H2;1,3H;1H4;/q;;;;;+1/p-1. The maximum absolute atomic E-state index is 12.6. The van der Waals surface area contributed by atoms with Gasteiger partial charge in [-0.25, -0.2) is 4.39 Å². The molecule has 0 aromatic heterocycles. The van der Waals surface area contributed by atoms with E-state index in [0.29, 0.717) is 6.29 Å². The quantitative estimate of drug-likeness (QED) is 0.279. The van der Waals surface area contributed by atoms with E-state index in [1.165, 1.54) is 62.6 Å². The molecule has 2 aromatic rings. The number of hydrogen-bond donors (Lipinski definition) is 0. The maximum Gasteiger partial charge on any atom is 1.00 e. The van der Waals surface area contributed by atoms with Crippen LogP contribution in [0, 0.1) is 19.7 Å². The first-order valence-electron chi connectivity index (χ1n) is 11.2. The van der Waals surface area contributed by atoms with E-state index in [1.54, 1.807) is 13.0 Å². The van der Waals surface area contributed by atoms with Crippen LogP contribution in [-0.2, 0) is 9.68 Å². The fourth-order valence-electron chi connectivity index (χ4n) is 3.60. The van der Waals surface area contributed by atoms with E-state index in [4.69, 9.17) is 10.1 Å². The molecular weight excluding hydrogens is 460 g/mol. The van der Waals surface area contributed by atoms with Crippen LogP contribution in [0.1, 0.15) is 84.2 Å². The van der Waals surface area contributed by atoms with Gasteiger partial charge in [0.15, 0.2) is 12.6 Å². The zero-order valence-corrected chi connectivity index (χ0v) is 22.4. The van der Waals surface area contributed by atoms with Crippen LogP contribution in [0.3, 0.4) is 0 Å². The minimum absolute atomic E-state index is 0. The molecule has 0 bridgehead atoms. The molecule has 8 heteroatoms. The summed E-state index contributed by atoms with van der Waals surface area (Å²) >= 11 is 0. The fraction of sp³-hybridized carbons (Fsp3) is 0.444. The molecule has 1 aliphatic heterocycles. The van der Waals surface area contributed by atoms with Crippen molar-refractivity contribution >= 4 is 24.7 Å². The van der Waals surface area contributed by atoms with Crippen molar-refractivity contribution in [3.05, 3.63) is 64.5 Å². The molecule has 0 atom stereocenters. The van der Waals surface area contributed by atoms with Crippen LogP contribution in [0.2, 0.25) is 0 Å². The Balaban J connectivity index is 0. The molecule has 188 valence electrons. The first-order valence-corrected chi connectivity index (χ1v) is 11.2. The zero-order valence-electron chi connectivity index (χ0n) is 20.4. The third-order valence-electron chi connectivity index (χ3n) is 5.33. The van der Waals surface area contributed by atoms with Gasteiger partial charge in [0.25, 0.3) is 6.47 Å². The number of anilines is 1. The SMILES string of the molecule is C.C1CCCC1.Cc1ccc(C=O)c(F)c1.Cc1ccc(C=O)c(N2CCCC2)c1.O=CO[O-].[Na+]. The van der Waals surface area contributed by atoms with Crippen LogP contribution in [-0.4, -0.2) is 32.1 Å². The Morgan fingerprint density at radius 2 is 1.23 bits per heavy atom. The molecule has 0 radical (unpaired) electrons. The normalized spacial score (nSPS) is 13.1. The summed E-state index contributed by atoms with van der Waals surface area (Å²) in [6.07, 6.45) is 11.4. The van der Waals surface area contributed by atoms with Gasteiger partial charge in [-0.2, -0.15) is 0 Å². The predicted octanol–water partition coefficient (Wildman–Crippen LogP) is 2.38. The number of hydrogen-bond acceptors (Lipinski definition) is 6. The molecule has 1 saturated heterocycles. The second-order valence-electron chi connectivity index (χ2n) is 7.98. The Morgan fingerprint density at radius 1 is 0.800 bits per heavy atom. The third kappa shape index (κ3) is 14.2. The summed E-state index contributed by atoms with van der Waals surface area (Å²) in [5.41, 5.74) is 4.08. The Morgan fingerprint density at radius 3 is 1.63 bits per heavy atom. The number of rotatable bonds is 4. The summed E-state index contributed by atoms with van der Waals surface area (Å²) in [4.78, 5) is 34.5. The van der Waals surface area contributed by atoms with Gasteiger partial charge in [-0.05, 0) is 62.1 Å². The molecule has 35 heavy (non-hydrogen) atoms. The summed E-state index contributed by atoms with van der Waals surface area (Å²) in [7, 11) is 0. The van der Waals surface area contributed by atoms with E-state index in [9.17, 15) is 14.0 Å². The smallest absolute Gasteiger partial charge is 0.662 e. The number of aldehydes is 2. The average Bonchev–Trinajstić information content (AvgIpc) is 3.57. The molecule has 1 saturated carbocycles. The minimum Gasteiger partial charge on any atom is -0.662 e. The molecule has 1 heterocycles. The third-order valence-corrected chi connectivity index (χ3v) is 5.33. The Kier molecular flexibility index (Phi) is 21.3. The van der Waals surface area contributed by atoms with Crippen LogP contribution in [0.25, 0.3) is 0 Å². The molecule has 4 rings (SSSR count). The second-order valence-corrected chi connectivity index (χ2v) is 7.98. The van der Waals surface area contributed by atoms with E-state index < -0.39 is 5.82 Å². The number of halogens is 1. The molecule has 2 aliphatic rings. The van der Waals surface area contributed by atoms with Gasteiger partial charge in [0.1, 0.15) is 5.82 Å². The number of carbonyl (C=O) groups is 3. The average molecular weight is 498 g/mol. The van der Waals surface area contributed by atoms with Crippen LogP contribution >= 0.6 is 0 Å². The number of nitrogens with zero attached hydrogens (tertiary/aromatic N) is 1. The number of carbonyl (C=O) groups excluding carboxylic acids is 3. The second kappa shape index (κ2) is 21.2. The van der Waals surface area contributed by atoms with Gasteiger partial charge < -0.3 is 15.0 Å². The van der Waals surface area contributed by atoms with E-state index in [1.807, 2.05) is 12.1 Å². The zero-order chi connectivity index (χ0) is 24.5. The first-order chi connectivity index (χ1) is 16.0. The van der Waals surface area contributed by atoms with E-state index in [2.05, 4.69) is 22.8 Å². The minimum atomic E-state index is -0.449. The molecule has 2 aromatic carbocycles. The summed E-state index contributed by atoms with van der Waals surface area (Å²) in [5.74, 6) is -0.449. The predicted molar refractivity (Wildman–Crippen MR) is 132 cm³/mol. The molecule has 0 spiro atoms. The Bertz CT molecular complexity index is 861. The molecule has 2 fully saturated rings. The van der Waals surface area contributed by atoms with Crippen molar-refractivity contribution < 1.29 is 58.5 Å². The van der Waals surface area contributed by atoms with Gasteiger partial charge in [0.05, 0.1) is 5.56 Å². The van der Waals surface area contributed by atoms with E-state index in [-0.39, 0.29) is 49.0 Å². The number of benzene rings is 2. The van der Waals surface area contributed by atoms with Crippen LogP contribution in [0.4, 0.5) is 10.1 Å². The molecule has 1 aliphatic carbocycles. The summed E-state index contributed by atoms with van der Waals surface area (Å²) in [6.45, 7) is 5.83. The fourth-order valence-corrected chi connectivity index (χ4v) is 3.60. The van der Waals surface area contributed by atoms with Gasteiger partial charge in [0.2, 0.25) is 0 Å². The largest absolute Gasteiger partial charge is 1.00 e. The summed E-state index contributed by atoms with van der Waals surface area (Å²) < 4.78 is 12.6. The summed E-state index contributed by atoms with van der Waals surface area (Å²) in [6, 6.07) is 10.5. The van der Waals surface area contributed by atoms with Crippen LogP contribution < -0.4 is 39.7 Å². The monoisotopic (exact) mass is 497 g/mol. The van der Waals surface area contributed by atoms with Crippen LogP contribution in [0.15, 0.2) is 36.4 Å². The first kappa shape index (κ1) is 35.1. The Labute approximate surface area is 231 Å². The van der Waals surface area contributed by atoms with Crippen molar-refractivity contribution in [1.29, 1.82) is 0 Å². The van der Waals surface area contributed by atoms with Gasteiger partial charge in [0, 0.05) is 24.3 Å².